The molecule has 132 valence electrons. The van der Waals surface area contributed by atoms with E-state index in [1.807, 2.05) is 36.4 Å². The first-order chi connectivity index (χ1) is 12.6. The van der Waals surface area contributed by atoms with Crippen LogP contribution in [0, 0.1) is 6.92 Å². The maximum atomic E-state index is 12.5. The lowest BCUT2D eigenvalue weighted by Gasteiger charge is -2.07. The molecule has 0 unspecified atom stereocenters. The lowest BCUT2D eigenvalue weighted by atomic mass is 10.1. The number of esters is 1. The highest BCUT2D eigenvalue weighted by Gasteiger charge is 2.16. The van der Waals surface area contributed by atoms with Crippen molar-refractivity contribution in [3.8, 4) is 11.3 Å². The Hall–Kier alpha value is -3.06. The van der Waals surface area contributed by atoms with Gasteiger partial charge in [-0.05, 0) is 26.0 Å². The average Bonchev–Trinajstić information content (AvgIpc) is 3.11. The van der Waals surface area contributed by atoms with Crippen molar-refractivity contribution < 1.29 is 14.3 Å². The topological polar surface area (TPSA) is 81.2 Å². The second kappa shape index (κ2) is 7.88. The molecule has 0 fully saturated rings. The van der Waals surface area contributed by atoms with Crippen LogP contribution < -0.4 is 5.32 Å². The quantitative estimate of drug-likeness (QED) is 0.691. The third-order valence-corrected chi connectivity index (χ3v) is 4.37. The van der Waals surface area contributed by atoms with E-state index in [-0.39, 0.29) is 18.2 Å². The smallest absolute Gasteiger partial charge is 0.357 e. The van der Waals surface area contributed by atoms with Crippen molar-refractivity contribution in [2.45, 2.75) is 13.8 Å². The van der Waals surface area contributed by atoms with Crippen LogP contribution in [-0.2, 0) is 4.74 Å². The molecule has 1 N–H and O–H groups in total. The second-order valence-electron chi connectivity index (χ2n) is 5.41. The first kappa shape index (κ1) is 17.8. The van der Waals surface area contributed by atoms with Crippen molar-refractivity contribution in [3.63, 3.8) is 0 Å². The van der Waals surface area contributed by atoms with Gasteiger partial charge in [-0.25, -0.2) is 9.78 Å². The minimum atomic E-state index is -0.505. The number of hydrogen-bond donors (Lipinski definition) is 1. The van der Waals surface area contributed by atoms with Gasteiger partial charge in [0.2, 0.25) is 0 Å². The van der Waals surface area contributed by atoms with E-state index in [0.29, 0.717) is 16.4 Å². The number of rotatable bonds is 5. The summed E-state index contributed by atoms with van der Waals surface area (Å²) < 4.78 is 4.89. The van der Waals surface area contributed by atoms with Gasteiger partial charge in [0.25, 0.3) is 5.91 Å². The van der Waals surface area contributed by atoms with Crippen molar-refractivity contribution in [3.05, 3.63) is 64.8 Å². The summed E-state index contributed by atoms with van der Waals surface area (Å²) in [6.07, 6.45) is 0. The first-order valence-corrected chi connectivity index (χ1v) is 8.93. The van der Waals surface area contributed by atoms with Crippen molar-refractivity contribution in [2.24, 2.45) is 0 Å². The van der Waals surface area contributed by atoms with Crippen molar-refractivity contribution in [2.75, 3.05) is 11.9 Å². The fourth-order valence-corrected chi connectivity index (χ4v) is 3.04. The number of pyridine rings is 1. The Bertz CT molecular complexity index is 938. The van der Waals surface area contributed by atoms with Crippen LogP contribution in [0.2, 0.25) is 0 Å². The van der Waals surface area contributed by atoms with Crippen LogP contribution >= 0.6 is 11.3 Å². The Labute approximate surface area is 154 Å². The number of amides is 1. The summed E-state index contributed by atoms with van der Waals surface area (Å²) in [5, 5.41) is 4.59. The fraction of sp³-hybridized carbons (Fsp3) is 0.158. The van der Waals surface area contributed by atoms with Crippen LogP contribution in [-0.4, -0.2) is 28.5 Å². The number of carbonyl (C=O) groups is 2. The van der Waals surface area contributed by atoms with Crippen molar-refractivity contribution >= 4 is 28.3 Å². The van der Waals surface area contributed by atoms with E-state index in [1.165, 1.54) is 11.3 Å². The number of ether oxygens (including phenoxy) is 1. The molecule has 26 heavy (non-hydrogen) atoms. The van der Waals surface area contributed by atoms with E-state index in [4.69, 9.17) is 4.74 Å². The van der Waals surface area contributed by atoms with E-state index < -0.39 is 5.97 Å². The van der Waals surface area contributed by atoms with E-state index in [1.54, 1.807) is 25.3 Å². The summed E-state index contributed by atoms with van der Waals surface area (Å²) in [5.74, 6) is -0.825. The minimum absolute atomic E-state index is 0.182. The molecule has 0 spiro atoms. The van der Waals surface area contributed by atoms with E-state index >= 15 is 0 Å². The molecular formula is C19H17N3O3S. The van der Waals surface area contributed by atoms with Gasteiger partial charge in [0.15, 0.2) is 10.8 Å². The molecule has 0 saturated heterocycles. The number of hydrogen-bond acceptors (Lipinski definition) is 6. The molecule has 0 radical (unpaired) electrons. The number of thiazole rings is 1. The molecule has 0 bridgehead atoms. The maximum absolute atomic E-state index is 12.5. The summed E-state index contributed by atoms with van der Waals surface area (Å²) in [5.41, 5.74) is 3.05. The zero-order valence-electron chi connectivity index (χ0n) is 14.4. The van der Waals surface area contributed by atoms with Gasteiger partial charge in [-0.3, -0.25) is 15.1 Å². The van der Waals surface area contributed by atoms with E-state index in [9.17, 15) is 9.59 Å². The van der Waals surface area contributed by atoms with Gasteiger partial charge < -0.3 is 4.74 Å². The van der Waals surface area contributed by atoms with Gasteiger partial charge in [-0.15, -0.1) is 11.3 Å². The Morgan fingerprint density at radius 2 is 1.88 bits per heavy atom. The van der Waals surface area contributed by atoms with Gasteiger partial charge >= 0.3 is 5.97 Å². The predicted octanol–water partition coefficient (Wildman–Crippen LogP) is 3.94. The molecule has 3 aromatic rings. The molecule has 0 atom stereocenters. The van der Waals surface area contributed by atoms with Gasteiger partial charge in [0.1, 0.15) is 0 Å². The number of carbonyl (C=O) groups excluding carboxylic acids is 2. The van der Waals surface area contributed by atoms with Gasteiger partial charge in [0.05, 0.1) is 23.6 Å². The molecule has 6 nitrogen and oxygen atoms in total. The molecule has 3 rings (SSSR count). The molecule has 0 aliphatic heterocycles. The average molecular weight is 367 g/mol. The zero-order valence-corrected chi connectivity index (χ0v) is 15.2. The highest BCUT2D eigenvalue weighted by molar-refractivity contribution is 7.14. The maximum Gasteiger partial charge on any atom is 0.357 e. The minimum Gasteiger partial charge on any atom is -0.461 e. The summed E-state index contributed by atoms with van der Waals surface area (Å²) in [4.78, 5) is 32.7. The second-order valence-corrected chi connectivity index (χ2v) is 6.27. The predicted molar refractivity (Wildman–Crippen MR) is 100 cm³/mol. The molecule has 1 aromatic carbocycles. The van der Waals surface area contributed by atoms with Crippen LogP contribution in [0.25, 0.3) is 11.3 Å². The van der Waals surface area contributed by atoms with E-state index in [0.717, 1.165) is 11.3 Å². The molecule has 7 heteroatoms. The zero-order chi connectivity index (χ0) is 18.5. The van der Waals surface area contributed by atoms with Gasteiger partial charge in [-0.2, -0.15) is 0 Å². The number of nitrogens with zero attached hydrogens (tertiary/aromatic N) is 2. The summed E-state index contributed by atoms with van der Waals surface area (Å²) in [6.45, 7) is 3.78. The molecule has 1 amide bonds. The Morgan fingerprint density at radius 1 is 1.12 bits per heavy atom. The van der Waals surface area contributed by atoms with Crippen molar-refractivity contribution in [1.29, 1.82) is 0 Å². The highest BCUT2D eigenvalue weighted by atomic mass is 32.1. The number of anilines is 1. The Balaban J connectivity index is 1.75. The molecule has 2 heterocycles. The van der Waals surface area contributed by atoms with Crippen LogP contribution in [0.5, 0.6) is 0 Å². The Kier molecular flexibility index (Phi) is 5.38. The van der Waals surface area contributed by atoms with Crippen molar-refractivity contribution in [1.82, 2.24) is 9.97 Å². The number of benzene rings is 1. The monoisotopic (exact) mass is 367 g/mol. The number of nitrogens with one attached hydrogen (secondary N) is 1. The summed E-state index contributed by atoms with van der Waals surface area (Å²) in [7, 11) is 0. The lowest BCUT2D eigenvalue weighted by molar-refractivity contribution is 0.0520. The number of aromatic nitrogens is 2. The van der Waals surface area contributed by atoms with Crippen LogP contribution in [0.15, 0.2) is 47.8 Å². The van der Waals surface area contributed by atoms with Crippen LogP contribution in [0.4, 0.5) is 5.13 Å². The molecule has 0 aliphatic rings. The van der Waals surface area contributed by atoms with E-state index in [2.05, 4.69) is 15.3 Å². The molecule has 0 aliphatic carbocycles. The van der Waals surface area contributed by atoms with Gasteiger partial charge in [0, 0.05) is 10.9 Å². The fourth-order valence-electron chi connectivity index (χ4n) is 2.37. The molecular weight excluding hydrogens is 350 g/mol. The van der Waals surface area contributed by atoms with Gasteiger partial charge in [-0.1, -0.05) is 30.3 Å². The standard InChI is InChI=1S/C19H17N3O3S/c1-3-25-18(24)16-11-26-19(21-16)22-17(23)14-9-10-15(20-12(14)2)13-7-5-4-6-8-13/h4-11H,3H2,1-2H3,(H,21,22,23). The lowest BCUT2D eigenvalue weighted by Crippen LogP contribution is -2.14. The molecule has 0 saturated carbocycles. The summed E-state index contributed by atoms with van der Waals surface area (Å²) >= 11 is 1.17. The normalized spacial score (nSPS) is 10.4. The highest BCUT2D eigenvalue weighted by Crippen LogP contribution is 2.21. The third-order valence-electron chi connectivity index (χ3n) is 3.61. The third kappa shape index (κ3) is 3.94. The molecule has 2 aromatic heterocycles. The first-order valence-electron chi connectivity index (χ1n) is 8.05. The largest absolute Gasteiger partial charge is 0.461 e. The van der Waals surface area contributed by atoms with Crippen LogP contribution in [0.1, 0.15) is 33.5 Å². The number of aryl methyl sites for hydroxylation is 1. The Morgan fingerprint density at radius 3 is 2.58 bits per heavy atom. The summed E-state index contributed by atoms with van der Waals surface area (Å²) in [6, 6.07) is 13.3. The van der Waals surface area contributed by atoms with Crippen LogP contribution in [0.3, 0.4) is 0 Å². The SMILES string of the molecule is CCOC(=O)c1csc(NC(=O)c2ccc(-c3ccccc3)nc2C)n1.